The number of halogens is 1. The molecule has 11 heteroatoms. The van der Waals surface area contributed by atoms with E-state index in [1.807, 2.05) is 20.8 Å². The van der Waals surface area contributed by atoms with E-state index in [1.165, 1.54) is 34.8 Å². The number of hydrogen-bond acceptors (Lipinski definition) is 8. The molecule has 1 aromatic carbocycles. The van der Waals surface area contributed by atoms with Crippen LogP contribution in [-0.2, 0) is 27.2 Å². The van der Waals surface area contributed by atoms with E-state index < -0.39 is 5.60 Å². The van der Waals surface area contributed by atoms with Crippen LogP contribution in [0.15, 0.2) is 18.2 Å². The van der Waals surface area contributed by atoms with E-state index in [-0.39, 0.29) is 17.8 Å². The van der Waals surface area contributed by atoms with Gasteiger partial charge in [-0.25, -0.2) is 14.2 Å². The van der Waals surface area contributed by atoms with Gasteiger partial charge in [-0.1, -0.05) is 0 Å². The molecule has 36 heavy (non-hydrogen) atoms. The molecule has 1 aliphatic rings. The molecule has 1 aliphatic heterocycles. The van der Waals surface area contributed by atoms with Crippen molar-refractivity contribution in [3.05, 3.63) is 34.5 Å². The first-order valence-corrected chi connectivity index (χ1v) is 13.5. The highest BCUT2D eigenvalue weighted by molar-refractivity contribution is 7.22. The van der Waals surface area contributed by atoms with Gasteiger partial charge in [-0.05, 0) is 44.9 Å². The number of fused-ring (bicyclic) bond motifs is 2. The molecule has 2 N–H and O–H groups in total. The van der Waals surface area contributed by atoms with Crippen molar-refractivity contribution in [2.45, 2.75) is 45.8 Å². The van der Waals surface area contributed by atoms with Gasteiger partial charge in [-0.15, -0.1) is 22.7 Å². The third-order valence-electron chi connectivity index (χ3n) is 5.54. The van der Waals surface area contributed by atoms with Crippen molar-refractivity contribution in [1.82, 2.24) is 15.2 Å². The number of nitrogens with one attached hydrogen (secondary N) is 2. The summed E-state index contributed by atoms with van der Waals surface area (Å²) in [6, 6.07) is 4.56. The number of carbonyl (C=O) groups is 2. The lowest BCUT2D eigenvalue weighted by molar-refractivity contribution is -0.116. The van der Waals surface area contributed by atoms with E-state index in [1.54, 1.807) is 18.1 Å². The second kappa shape index (κ2) is 11.2. The Morgan fingerprint density at radius 1 is 1.22 bits per heavy atom. The molecular formula is C25H31FN4O4S2. The Balaban J connectivity index is 1.61. The summed E-state index contributed by atoms with van der Waals surface area (Å²) in [5.74, 6) is -0.454. The predicted molar refractivity (Wildman–Crippen MR) is 141 cm³/mol. The van der Waals surface area contributed by atoms with E-state index >= 15 is 0 Å². The van der Waals surface area contributed by atoms with E-state index in [4.69, 9.17) is 14.5 Å². The van der Waals surface area contributed by atoms with Crippen molar-refractivity contribution < 1.29 is 23.5 Å². The van der Waals surface area contributed by atoms with Crippen LogP contribution in [0.5, 0.6) is 0 Å². The molecule has 2 aromatic heterocycles. The molecule has 0 unspecified atom stereocenters. The topological polar surface area (TPSA) is 92.8 Å². The zero-order valence-electron chi connectivity index (χ0n) is 20.9. The summed E-state index contributed by atoms with van der Waals surface area (Å²) in [7, 11) is 1.63. The van der Waals surface area contributed by atoms with Gasteiger partial charge < -0.3 is 25.0 Å². The van der Waals surface area contributed by atoms with Gasteiger partial charge in [-0.2, -0.15) is 0 Å². The Morgan fingerprint density at radius 3 is 2.78 bits per heavy atom. The Kier molecular flexibility index (Phi) is 8.23. The summed E-state index contributed by atoms with van der Waals surface area (Å²) in [4.78, 5) is 32.8. The number of carbonyl (C=O) groups excluding carboxylic acids is 2. The fourth-order valence-corrected chi connectivity index (χ4v) is 6.27. The number of amides is 2. The lowest BCUT2D eigenvalue weighted by Gasteiger charge is -2.30. The Hall–Kier alpha value is -2.60. The number of rotatable bonds is 8. The number of anilines is 1. The number of nitrogens with zero attached hydrogens (tertiary/aromatic N) is 2. The second-order valence-corrected chi connectivity index (χ2v) is 11.7. The van der Waals surface area contributed by atoms with E-state index in [9.17, 15) is 14.0 Å². The number of benzene rings is 1. The number of ether oxygens (including phenoxy) is 2. The number of thiophene rings is 1. The fourth-order valence-electron chi connectivity index (χ4n) is 3.90. The molecule has 0 aliphatic carbocycles. The van der Waals surface area contributed by atoms with Crippen LogP contribution in [0.4, 0.5) is 14.2 Å². The van der Waals surface area contributed by atoms with Crippen LogP contribution < -0.4 is 10.6 Å². The maximum atomic E-state index is 13.8. The minimum absolute atomic E-state index is 0.115. The Labute approximate surface area is 217 Å². The molecule has 194 valence electrons. The number of aromatic nitrogens is 1. The molecule has 4 rings (SSSR count). The maximum absolute atomic E-state index is 13.8. The first-order valence-electron chi connectivity index (χ1n) is 11.8. The van der Waals surface area contributed by atoms with Crippen LogP contribution in [0.2, 0.25) is 0 Å². The SMILES string of the molecule is COCCNCCC(=O)Nc1sc2c(c1-c1nc3cc(F)ccc3s1)CCN(C(=O)OC(C)(C)C)C2. The van der Waals surface area contributed by atoms with Crippen molar-refractivity contribution in [1.29, 1.82) is 0 Å². The predicted octanol–water partition coefficient (Wildman–Crippen LogP) is 5.02. The van der Waals surface area contributed by atoms with E-state index in [0.717, 1.165) is 25.7 Å². The van der Waals surface area contributed by atoms with Crippen LogP contribution in [-0.4, -0.2) is 60.8 Å². The molecule has 0 radical (unpaired) electrons. The summed E-state index contributed by atoms with van der Waals surface area (Å²) < 4.78 is 25.2. The Bertz CT molecular complexity index is 1250. The third-order valence-corrected chi connectivity index (χ3v) is 7.72. The van der Waals surface area contributed by atoms with Gasteiger partial charge in [0, 0.05) is 49.7 Å². The van der Waals surface area contributed by atoms with E-state index in [0.29, 0.717) is 56.1 Å². The number of methoxy groups -OCH3 is 1. The maximum Gasteiger partial charge on any atom is 0.410 e. The molecule has 0 spiro atoms. The van der Waals surface area contributed by atoms with Crippen LogP contribution in [0, 0.1) is 5.82 Å². The lowest BCUT2D eigenvalue weighted by Crippen LogP contribution is -2.39. The number of thiazole rings is 1. The summed E-state index contributed by atoms with van der Waals surface area (Å²) in [6.07, 6.45) is 0.561. The Morgan fingerprint density at radius 2 is 2.03 bits per heavy atom. The third kappa shape index (κ3) is 6.39. The first kappa shape index (κ1) is 26.5. The van der Waals surface area contributed by atoms with Gasteiger partial charge in [-0.3, -0.25) is 4.79 Å². The van der Waals surface area contributed by atoms with Gasteiger partial charge in [0.1, 0.15) is 21.4 Å². The summed E-state index contributed by atoms with van der Waals surface area (Å²) in [5, 5.41) is 7.66. The van der Waals surface area contributed by atoms with Crippen molar-refractivity contribution >= 4 is 49.9 Å². The average Bonchev–Trinajstić information content (AvgIpc) is 3.37. The van der Waals surface area contributed by atoms with Crippen molar-refractivity contribution in [2.75, 3.05) is 38.7 Å². The summed E-state index contributed by atoms with van der Waals surface area (Å²) in [5.41, 5.74) is 1.93. The number of hydrogen-bond donors (Lipinski definition) is 2. The first-order chi connectivity index (χ1) is 17.1. The van der Waals surface area contributed by atoms with Crippen LogP contribution >= 0.6 is 22.7 Å². The fraction of sp³-hybridized carbons (Fsp3) is 0.480. The molecule has 0 saturated carbocycles. The minimum Gasteiger partial charge on any atom is -0.444 e. The van der Waals surface area contributed by atoms with Gasteiger partial charge >= 0.3 is 6.09 Å². The normalized spacial score (nSPS) is 13.6. The van der Waals surface area contributed by atoms with Gasteiger partial charge in [0.25, 0.3) is 0 Å². The lowest BCUT2D eigenvalue weighted by atomic mass is 10.0. The quantitative estimate of drug-likeness (QED) is 0.394. The van der Waals surface area contributed by atoms with Crippen LogP contribution in [0.3, 0.4) is 0 Å². The smallest absolute Gasteiger partial charge is 0.410 e. The standard InChI is InChI=1S/C25H31FN4O4S2/c1-25(2,3)34-24(32)30-11-8-16-19(14-30)36-23(29-20(31)7-9-27-10-12-33-4)21(16)22-28-17-13-15(26)5-6-18(17)35-22/h5-6,13,27H,7-12,14H2,1-4H3,(H,29,31). The van der Waals surface area contributed by atoms with E-state index in [2.05, 4.69) is 10.6 Å². The minimum atomic E-state index is -0.579. The molecule has 0 saturated heterocycles. The van der Waals surface area contributed by atoms with Gasteiger partial charge in [0.2, 0.25) is 5.91 Å². The zero-order valence-corrected chi connectivity index (χ0v) is 22.5. The monoisotopic (exact) mass is 534 g/mol. The average molecular weight is 535 g/mol. The van der Waals surface area contributed by atoms with Crippen LogP contribution in [0.1, 0.15) is 37.6 Å². The van der Waals surface area contributed by atoms with Gasteiger partial charge in [0.05, 0.1) is 23.4 Å². The highest BCUT2D eigenvalue weighted by Gasteiger charge is 2.31. The van der Waals surface area contributed by atoms with Crippen LogP contribution in [0.25, 0.3) is 20.8 Å². The molecule has 0 atom stereocenters. The second-order valence-electron chi connectivity index (χ2n) is 9.53. The summed E-state index contributed by atoms with van der Waals surface area (Å²) in [6.45, 7) is 8.22. The zero-order chi connectivity index (χ0) is 25.9. The molecule has 3 aromatic rings. The molecule has 3 heterocycles. The van der Waals surface area contributed by atoms with Crippen molar-refractivity contribution in [3.63, 3.8) is 0 Å². The van der Waals surface area contributed by atoms with Crippen molar-refractivity contribution in [2.24, 2.45) is 0 Å². The highest BCUT2D eigenvalue weighted by atomic mass is 32.1. The van der Waals surface area contributed by atoms with Gasteiger partial charge in [0.15, 0.2) is 0 Å². The molecule has 2 amide bonds. The van der Waals surface area contributed by atoms with Crippen molar-refractivity contribution in [3.8, 4) is 10.6 Å². The molecule has 0 bridgehead atoms. The summed E-state index contributed by atoms with van der Waals surface area (Å²) >= 11 is 2.92. The molecular weight excluding hydrogens is 503 g/mol. The molecule has 0 fully saturated rings. The largest absolute Gasteiger partial charge is 0.444 e. The molecule has 8 nitrogen and oxygen atoms in total. The highest BCUT2D eigenvalue weighted by Crippen LogP contribution is 2.46.